The van der Waals surface area contributed by atoms with Gasteiger partial charge in [0.25, 0.3) is 0 Å². The summed E-state index contributed by atoms with van der Waals surface area (Å²) in [7, 11) is 0. The van der Waals surface area contributed by atoms with E-state index in [0.29, 0.717) is 11.4 Å². The van der Waals surface area contributed by atoms with E-state index in [1.807, 2.05) is 6.07 Å². The molecule has 0 aromatic heterocycles. The molecule has 0 saturated carbocycles. The summed E-state index contributed by atoms with van der Waals surface area (Å²) in [5.41, 5.74) is 3.90. The number of amidine groups is 1. The number of hydrogen-bond donors (Lipinski definition) is 2. The highest BCUT2D eigenvalue weighted by Gasteiger charge is 2.40. The highest BCUT2D eigenvalue weighted by Crippen LogP contribution is 2.17. The van der Waals surface area contributed by atoms with Crippen LogP contribution in [0.1, 0.15) is 27.7 Å². The Morgan fingerprint density at radius 2 is 1.41 bits per heavy atom. The monoisotopic (exact) mass is 511 g/mol. The van der Waals surface area contributed by atoms with Crippen molar-refractivity contribution in [1.29, 1.82) is 0 Å². The summed E-state index contributed by atoms with van der Waals surface area (Å²) < 4.78 is 15.8. The van der Waals surface area contributed by atoms with Crippen LogP contribution in [0.4, 0.5) is 11.4 Å². The number of esters is 3. The van der Waals surface area contributed by atoms with Gasteiger partial charge in [0.15, 0.2) is 18.0 Å². The van der Waals surface area contributed by atoms with Gasteiger partial charge in [-0.1, -0.05) is 36.4 Å². The molecule has 0 aliphatic heterocycles. The van der Waals surface area contributed by atoms with Crippen LogP contribution in [0.3, 0.4) is 0 Å². The van der Waals surface area contributed by atoms with Gasteiger partial charge in [0.1, 0.15) is 12.6 Å². The van der Waals surface area contributed by atoms with E-state index in [0.717, 1.165) is 13.8 Å². The average Bonchev–Trinajstić information content (AvgIpc) is 2.85. The van der Waals surface area contributed by atoms with Crippen LogP contribution in [0.5, 0.6) is 0 Å². The van der Waals surface area contributed by atoms with Crippen molar-refractivity contribution < 1.29 is 33.4 Å². The fourth-order valence-electron chi connectivity index (χ4n) is 3.06. The summed E-state index contributed by atoms with van der Waals surface area (Å²) in [6.07, 6.45) is -2.70. The normalized spacial score (nSPS) is 13.7. The quantitative estimate of drug-likeness (QED) is 0.116. The van der Waals surface area contributed by atoms with E-state index in [4.69, 9.17) is 14.2 Å². The molecule has 0 unspecified atom stereocenters. The van der Waals surface area contributed by atoms with Gasteiger partial charge in [0.2, 0.25) is 5.91 Å². The molecule has 0 saturated heterocycles. The summed E-state index contributed by atoms with van der Waals surface area (Å²) in [4.78, 5) is 47.6. The summed E-state index contributed by atoms with van der Waals surface area (Å²) in [6.45, 7) is 4.22. The average molecular weight is 512 g/mol. The molecule has 0 spiro atoms. The Hall–Kier alpha value is -4.61. The van der Waals surface area contributed by atoms with Crippen molar-refractivity contribution in [2.45, 2.75) is 45.9 Å². The molecule has 0 aliphatic carbocycles. The third kappa shape index (κ3) is 10.7. The maximum atomic E-state index is 12.2. The van der Waals surface area contributed by atoms with E-state index in [1.54, 1.807) is 54.6 Å². The van der Waals surface area contributed by atoms with Crippen molar-refractivity contribution in [3.63, 3.8) is 0 Å². The minimum absolute atomic E-state index is 0.117. The molecular formula is C25H29N5O7. The molecule has 1 amide bonds. The molecule has 2 aromatic carbocycles. The van der Waals surface area contributed by atoms with Gasteiger partial charge in [-0.15, -0.1) is 10.2 Å². The van der Waals surface area contributed by atoms with Gasteiger partial charge in [-0.3, -0.25) is 24.6 Å². The number of amides is 1. The molecule has 0 bridgehead atoms. The first-order valence-corrected chi connectivity index (χ1v) is 11.3. The van der Waals surface area contributed by atoms with E-state index >= 15 is 0 Å². The third-order valence-electron chi connectivity index (χ3n) is 4.50. The van der Waals surface area contributed by atoms with Crippen molar-refractivity contribution in [3.05, 3.63) is 60.7 Å². The van der Waals surface area contributed by atoms with Crippen LogP contribution in [0.25, 0.3) is 0 Å². The first-order valence-electron chi connectivity index (χ1n) is 11.3. The number of carbonyl (C=O) groups is 4. The standard InChI is InChI=1S/C25H29N5O7/c1-16(31)26-23(24(37-19(4)34)22(36-18(3)33)15-35-17(2)32)25(29-27-20-11-7-5-8-12-20)30-28-21-13-9-6-10-14-21/h5-14,22-24,27H,15H2,1-4H3,(H,26,31)/b29-25-,30-28?/t22-,23+,24+/m1/s1. The Bertz CT molecular complexity index is 1120. The molecule has 0 aliphatic rings. The first kappa shape index (κ1) is 28.6. The second-order valence-corrected chi connectivity index (χ2v) is 7.69. The maximum absolute atomic E-state index is 12.2. The SMILES string of the molecule is CC(=O)N[C@H](/C(N=Nc1ccccc1)=N/Nc1ccccc1)[C@@H](OC(C)=O)[C@@H](COC(C)=O)OC(C)=O. The highest BCUT2D eigenvalue weighted by atomic mass is 16.6. The van der Waals surface area contributed by atoms with Crippen molar-refractivity contribution in [2.75, 3.05) is 12.0 Å². The zero-order valence-electron chi connectivity index (χ0n) is 20.9. The fourth-order valence-corrected chi connectivity index (χ4v) is 3.06. The third-order valence-corrected chi connectivity index (χ3v) is 4.50. The van der Waals surface area contributed by atoms with Gasteiger partial charge in [-0.25, -0.2) is 0 Å². The Morgan fingerprint density at radius 3 is 1.95 bits per heavy atom. The lowest BCUT2D eigenvalue weighted by atomic mass is 10.0. The van der Waals surface area contributed by atoms with Crippen LogP contribution in [0.2, 0.25) is 0 Å². The summed E-state index contributed by atoms with van der Waals surface area (Å²) in [5.74, 6) is -2.79. The smallest absolute Gasteiger partial charge is 0.303 e. The van der Waals surface area contributed by atoms with Gasteiger partial charge in [-0.2, -0.15) is 5.10 Å². The fraction of sp³-hybridized carbons (Fsp3) is 0.320. The molecule has 196 valence electrons. The topological polar surface area (TPSA) is 157 Å². The number of rotatable bonds is 11. The van der Waals surface area contributed by atoms with Crippen LogP contribution < -0.4 is 10.7 Å². The number of hydrogen-bond acceptors (Lipinski definition) is 10. The molecule has 37 heavy (non-hydrogen) atoms. The number of para-hydroxylation sites is 1. The Labute approximate surface area is 214 Å². The lowest BCUT2D eigenvalue weighted by Gasteiger charge is -2.31. The number of ether oxygens (including phenoxy) is 3. The van der Waals surface area contributed by atoms with Crippen LogP contribution in [-0.4, -0.2) is 54.5 Å². The highest BCUT2D eigenvalue weighted by molar-refractivity contribution is 5.93. The molecule has 2 rings (SSSR count). The number of carbonyl (C=O) groups excluding carboxylic acids is 4. The molecule has 0 fully saturated rings. The summed E-state index contributed by atoms with van der Waals surface area (Å²) >= 11 is 0. The van der Waals surface area contributed by atoms with Crippen molar-refractivity contribution >= 4 is 41.0 Å². The van der Waals surface area contributed by atoms with Gasteiger partial charge >= 0.3 is 17.9 Å². The van der Waals surface area contributed by atoms with Gasteiger partial charge in [0.05, 0.1) is 11.4 Å². The minimum Gasteiger partial charge on any atom is -0.462 e. The zero-order chi connectivity index (χ0) is 27.2. The number of anilines is 1. The maximum Gasteiger partial charge on any atom is 0.303 e. The largest absolute Gasteiger partial charge is 0.462 e. The van der Waals surface area contributed by atoms with E-state index in [2.05, 4.69) is 26.1 Å². The Balaban J connectivity index is 2.60. The van der Waals surface area contributed by atoms with Crippen LogP contribution in [-0.2, 0) is 33.4 Å². The summed E-state index contributed by atoms with van der Waals surface area (Å²) in [5, 5.41) is 15.3. The summed E-state index contributed by atoms with van der Waals surface area (Å²) in [6, 6.07) is 16.3. The van der Waals surface area contributed by atoms with E-state index < -0.39 is 48.7 Å². The van der Waals surface area contributed by atoms with Crippen LogP contribution in [0.15, 0.2) is 76.0 Å². The predicted octanol–water partition coefficient (Wildman–Crippen LogP) is 3.13. The molecule has 12 heteroatoms. The van der Waals surface area contributed by atoms with Crippen LogP contribution >= 0.6 is 0 Å². The Kier molecular flexibility index (Phi) is 11.4. The molecule has 2 N–H and O–H groups in total. The minimum atomic E-state index is -1.39. The van der Waals surface area contributed by atoms with Crippen molar-refractivity contribution in [3.8, 4) is 0 Å². The second-order valence-electron chi connectivity index (χ2n) is 7.69. The predicted molar refractivity (Wildman–Crippen MR) is 134 cm³/mol. The molecule has 0 heterocycles. The number of hydrazone groups is 1. The molecular weight excluding hydrogens is 482 g/mol. The molecule has 0 radical (unpaired) electrons. The number of benzene rings is 2. The van der Waals surface area contributed by atoms with Crippen LogP contribution in [0, 0.1) is 0 Å². The zero-order valence-corrected chi connectivity index (χ0v) is 20.9. The lowest BCUT2D eigenvalue weighted by Crippen LogP contribution is -2.56. The second kappa shape index (κ2) is 14.7. The number of nitrogens with zero attached hydrogens (tertiary/aromatic N) is 3. The lowest BCUT2D eigenvalue weighted by molar-refractivity contribution is -0.174. The van der Waals surface area contributed by atoms with Gasteiger partial charge < -0.3 is 19.5 Å². The van der Waals surface area contributed by atoms with Crippen molar-refractivity contribution in [2.24, 2.45) is 15.3 Å². The Morgan fingerprint density at radius 1 is 0.811 bits per heavy atom. The first-order chi connectivity index (χ1) is 17.7. The van der Waals surface area contributed by atoms with Gasteiger partial charge in [0, 0.05) is 27.7 Å². The van der Waals surface area contributed by atoms with E-state index in [9.17, 15) is 19.2 Å². The number of nitrogens with one attached hydrogen (secondary N) is 2. The van der Waals surface area contributed by atoms with Gasteiger partial charge in [-0.05, 0) is 24.3 Å². The molecule has 2 aromatic rings. The number of azo groups is 1. The van der Waals surface area contributed by atoms with E-state index in [-0.39, 0.29) is 5.84 Å². The molecule has 12 nitrogen and oxygen atoms in total. The molecule has 3 atom stereocenters. The van der Waals surface area contributed by atoms with E-state index in [1.165, 1.54) is 13.8 Å². The van der Waals surface area contributed by atoms with Crippen molar-refractivity contribution in [1.82, 2.24) is 5.32 Å².